The number of ether oxygens (including phenoxy) is 1. The van der Waals surface area contributed by atoms with E-state index in [0.29, 0.717) is 16.7 Å². The summed E-state index contributed by atoms with van der Waals surface area (Å²) in [5, 5.41) is 1.25. The lowest BCUT2D eigenvalue weighted by Gasteiger charge is -2.15. The maximum Gasteiger partial charge on any atom is 0.417 e. The summed E-state index contributed by atoms with van der Waals surface area (Å²) >= 11 is 0. The van der Waals surface area contributed by atoms with Crippen LogP contribution in [0.4, 0.5) is 13.2 Å². The predicted octanol–water partition coefficient (Wildman–Crippen LogP) is 5.53. The van der Waals surface area contributed by atoms with Crippen molar-refractivity contribution in [2.75, 3.05) is 7.11 Å². The molecule has 0 aromatic heterocycles. The van der Waals surface area contributed by atoms with Crippen LogP contribution in [0.2, 0.25) is 0 Å². The van der Waals surface area contributed by atoms with Crippen molar-refractivity contribution in [3.8, 4) is 16.9 Å². The molecule has 112 valence electrons. The summed E-state index contributed by atoms with van der Waals surface area (Å²) < 4.78 is 45.3. The average Bonchev–Trinajstić information content (AvgIpc) is 2.53. The van der Waals surface area contributed by atoms with Crippen LogP contribution in [-0.2, 0) is 6.18 Å². The molecule has 3 aromatic carbocycles. The van der Waals surface area contributed by atoms with Crippen molar-refractivity contribution in [1.82, 2.24) is 0 Å². The summed E-state index contributed by atoms with van der Waals surface area (Å²) in [6.07, 6.45) is -4.41. The van der Waals surface area contributed by atoms with E-state index in [9.17, 15) is 13.2 Å². The maximum atomic E-state index is 13.4. The first-order valence-corrected chi connectivity index (χ1v) is 6.73. The first-order chi connectivity index (χ1) is 10.5. The summed E-state index contributed by atoms with van der Waals surface area (Å²) in [6.45, 7) is 0. The molecule has 0 heterocycles. The Morgan fingerprint density at radius 2 is 1.55 bits per heavy atom. The summed E-state index contributed by atoms with van der Waals surface area (Å²) in [5.41, 5.74) is 0.0952. The van der Waals surface area contributed by atoms with Crippen molar-refractivity contribution < 1.29 is 17.9 Å². The SMILES string of the molecule is COc1ccc2cc(-c3ccccc3)c(C(F)(F)F)cc2c1. The maximum absolute atomic E-state index is 13.4. The van der Waals surface area contributed by atoms with E-state index < -0.39 is 11.7 Å². The molecular formula is C18H13F3O. The Kier molecular flexibility index (Phi) is 3.53. The number of fused-ring (bicyclic) bond motifs is 1. The van der Waals surface area contributed by atoms with Gasteiger partial charge in [-0.05, 0) is 46.2 Å². The van der Waals surface area contributed by atoms with Gasteiger partial charge in [-0.25, -0.2) is 0 Å². The highest BCUT2D eigenvalue weighted by Gasteiger charge is 2.34. The lowest BCUT2D eigenvalue weighted by Crippen LogP contribution is -2.07. The largest absolute Gasteiger partial charge is 0.497 e. The Morgan fingerprint density at radius 1 is 0.818 bits per heavy atom. The molecule has 0 fully saturated rings. The highest BCUT2D eigenvalue weighted by molar-refractivity contribution is 5.90. The fraction of sp³-hybridized carbons (Fsp3) is 0.111. The van der Waals surface area contributed by atoms with Crippen LogP contribution in [-0.4, -0.2) is 7.11 Å². The lowest BCUT2D eigenvalue weighted by molar-refractivity contribution is -0.137. The minimum Gasteiger partial charge on any atom is -0.497 e. The summed E-state index contributed by atoms with van der Waals surface area (Å²) in [5.74, 6) is 0.535. The van der Waals surface area contributed by atoms with E-state index in [2.05, 4.69) is 0 Å². The normalized spacial score (nSPS) is 11.6. The monoisotopic (exact) mass is 302 g/mol. The third kappa shape index (κ3) is 2.64. The van der Waals surface area contributed by atoms with Gasteiger partial charge in [0.05, 0.1) is 12.7 Å². The lowest BCUT2D eigenvalue weighted by atomic mass is 9.95. The summed E-state index contributed by atoms with van der Waals surface area (Å²) in [7, 11) is 1.49. The van der Waals surface area contributed by atoms with Crippen LogP contribution in [0.15, 0.2) is 60.7 Å². The van der Waals surface area contributed by atoms with Crippen molar-refractivity contribution in [3.05, 3.63) is 66.2 Å². The van der Waals surface area contributed by atoms with E-state index in [1.54, 1.807) is 54.6 Å². The molecule has 4 heteroatoms. The molecule has 0 saturated carbocycles. The number of halogens is 3. The van der Waals surface area contributed by atoms with Crippen LogP contribution in [0, 0.1) is 0 Å². The Morgan fingerprint density at radius 3 is 2.18 bits per heavy atom. The second-order valence-corrected chi connectivity index (χ2v) is 4.97. The number of hydrogen-bond donors (Lipinski definition) is 0. The van der Waals surface area contributed by atoms with Crippen molar-refractivity contribution in [3.63, 3.8) is 0 Å². The van der Waals surface area contributed by atoms with Crippen molar-refractivity contribution >= 4 is 10.8 Å². The molecule has 0 saturated heterocycles. The van der Waals surface area contributed by atoms with Gasteiger partial charge in [0.1, 0.15) is 5.75 Å². The third-order valence-electron chi connectivity index (χ3n) is 3.57. The van der Waals surface area contributed by atoms with Gasteiger partial charge in [0.25, 0.3) is 0 Å². The van der Waals surface area contributed by atoms with Crippen LogP contribution in [0.1, 0.15) is 5.56 Å². The molecule has 0 aliphatic rings. The predicted molar refractivity (Wildman–Crippen MR) is 80.9 cm³/mol. The van der Waals surface area contributed by atoms with Gasteiger partial charge in [-0.3, -0.25) is 0 Å². The van der Waals surface area contributed by atoms with E-state index in [-0.39, 0.29) is 5.56 Å². The smallest absolute Gasteiger partial charge is 0.417 e. The van der Waals surface area contributed by atoms with Crippen molar-refractivity contribution in [2.24, 2.45) is 0 Å². The Hall–Kier alpha value is -2.49. The van der Waals surface area contributed by atoms with Crippen LogP contribution in [0.25, 0.3) is 21.9 Å². The molecule has 0 bridgehead atoms. The van der Waals surface area contributed by atoms with E-state index >= 15 is 0 Å². The number of alkyl halides is 3. The minimum absolute atomic E-state index is 0.186. The highest BCUT2D eigenvalue weighted by atomic mass is 19.4. The standard InChI is InChI=1S/C18H13F3O/c1-22-15-8-7-13-10-16(12-5-3-2-4-6-12)17(18(19,20)21)11-14(13)9-15/h2-11H,1H3. The number of hydrogen-bond acceptors (Lipinski definition) is 1. The quantitative estimate of drug-likeness (QED) is 0.604. The molecule has 0 radical (unpaired) electrons. The zero-order chi connectivity index (χ0) is 15.7. The van der Waals surface area contributed by atoms with Gasteiger partial charge in [-0.15, -0.1) is 0 Å². The number of rotatable bonds is 2. The van der Waals surface area contributed by atoms with Crippen molar-refractivity contribution in [2.45, 2.75) is 6.18 Å². The highest BCUT2D eigenvalue weighted by Crippen LogP contribution is 2.40. The molecule has 0 spiro atoms. The van der Waals surface area contributed by atoms with Gasteiger partial charge in [0.2, 0.25) is 0 Å². The molecular weight excluding hydrogens is 289 g/mol. The Labute approximate surface area is 126 Å². The number of methoxy groups -OCH3 is 1. The fourth-order valence-electron chi connectivity index (χ4n) is 2.49. The molecule has 3 rings (SSSR count). The third-order valence-corrected chi connectivity index (χ3v) is 3.57. The first-order valence-electron chi connectivity index (χ1n) is 6.73. The molecule has 0 amide bonds. The van der Waals surface area contributed by atoms with E-state index in [0.717, 1.165) is 5.39 Å². The molecule has 22 heavy (non-hydrogen) atoms. The van der Waals surface area contributed by atoms with E-state index in [4.69, 9.17) is 4.74 Å². The Balaban J connectivity index is 2.30. The van der Waals surface area contributed by atoms with Crippen LogP contribution in [0.3, 0.4) is 0 Å². The van der Waals surface area contributed by atoms with Gasteiger partial charge < -0.3 is 4.74 Å². The topological polar surface area (TPSA) is 9.23 Å². The van der Waals surface area contributed by atoms with Crippen LogP contribution < -0.4 is 4.74 Å². The fourth-order valence-corrected chi connectivity index (χ4v) is 2.49. The zero-order valence-electron chi connectivity index (χ0n) is 11.8. The minimum atomic E-state index is -4.41. The van der Waals surface area contributed by atoms with E-state index in [1.807, 2.05) is 0 Å². The molecule has 3 aromatic rings. The molecule has 0 atom stereocenters. The molecule has 0 N–H and O–H groups in total. The Bertz CT molecular complexity index is 808. The zero-order valence-corrected chi connectivity index (χ0v) is 11.8. The second kappa shape index (κ2) is 5.37. The number of benzene rings is 3. The summed E-state index contributed by atoms with van der Waals surface area (Å²) in [6, 6.07) is 16.5. The van der Waals surface area contributed by atoms with Crippen molar-refractivity contribution in [1.29, 1.82) is 0 Å². The molecule has 0 aliphatic heterocycles. The van der Waals surface area contributed by atoms with Gasteiger partial charge in [0.15, 0.2) is 0 Å². The van der Waals surface area contributed by atoms with Crippen LogP contribution >= 0.6 is 0 Å². The van der Waals surface area contributed by atoms with Crippen LogP contribution in [0.5, 0.6) is 5.75 Å². The summed E-state index contributed by atoms with van der Waals surface area (Å²) in [4.78, 5) is 0. The molecule has 0 aliphatic carbocycles. The van der Waals surface area contributed by atoms with E-state index in [1.165, 1.54) is 13.2 Å². The van der Waals surface area contributed by atoms with Gasteiger partial charge >= 0.3 is 6.18 Å². The first kappa shape index (κ1) is 14.4. The van der Waals surface area contributed by atoms with Gasteiger partial charge in [-0.1, -0.05) is 36.4 Å². The average molecular weight is 302 g/mol. The van der Waals surface area contributed by atoms with Gasteiger partial charge in [0, 0.05) is 0 Å². The molecule has 0 unspecified atom stereocenters. The molecule has 1 nitrogen and oxygen atoms in total. The second-order valence-electron chi connectivity index (χ2n) is 4.97. The van der Waals surface area contributed by atoms with Gasteiger partial charge in [-0.2, -0.15) is 13.2 Å².